The molecule has 2 aliphatic heterocycles. The van der Waals surface area contributed by atoms with Crippen molar-refractivity contribution in [3.8, 4) is 11.4 Å². The number of aromatic nitrogens is 4. The van der Waals surface area contributed by atoms with E-state index in [1.165, 1.54) is 23.3 Å². The molecule has 3 aromatic heterocycles. The average Bonchev–Trinajstić information content (AvgIpc) is 3.64. The summed E-state index contributed by atoms with van der Waals surface area (Å²) in [5, 5.41) is 22.3. The van der Waals surface area contributed by atoms with Gasteiger partial charge in [0.2, 0.25) is 0 Å². The maximum atomic E-state index is 13.7. The number of nitrogens with zero attached hydrogens (tertiary/aromatic N) is 6. The van der Waals surface area contributed by atoms with E-state index in [1.807, 2.05) is 32.3 Å². The zero-order valence-electron chi connectivity index (χ0n) is 23.0. The Bertz CT molecular complexity index is 1410. The number of amides is 3. The molecule has 14 heteroatoms. The first kappa shape index (κ1) is 27.6. The van der Waals surface area contributed by atoms with E-state index in [2.05, 4.69) is 25.5 Å². The number of likely N-dealkylation sites (tertiary alicyclic amines) is 2. The molecule has 3 aromatic rings. The van der Waals surface area contributed by atoms with Crippen LogP contribution in [0.25, 0.3) is 16.2 Å². The lowest BCUT2D eigenvalue weighted by Crippen LogP contribution is -2.49. The van der Waals surface area contributed by atoms with Gasteiger partial charge in [-0.2, -0.15) is 5.10 Å². The van der Waals surface area contributed by atoms with Crippen LogP contribution in [0.1, 0.15) is 50.5 Å². The number of fused-ring (bicyclic) bond motifs is 1. The predicted octanol–water partition coefficient (Wildman–Crippen LogP) is 3.39. The highest BCUT2D eigenvalue weighted by atomic mass is 32.1. The van der Waals surface area contributed by atoms with Crippen molar-refractivity contribution in [1.29, 1.82) is 0 Å². The lowest BCUT2D eigenvalue weighted by molar-refractivity contribution is 0.0698. The Balaban J connectivity index is 1.44. The highest BCUT2D eigenvalue weighted by molar-refractivity contribution is 7.16. The molecule has 0 radical (unpaired) electrons. The second-order valence-corrected chi connectivity index (χ2v) is 12.1. The molecule has 3 N–H and O–H groups in total. The smallest absolute Gasteiger partial charge is 0.407 e. The number of hydrogen-bond donors (Lipinski definition) is 3. The van der Waals surface area contributed by atoms with Crippen LogP contribution in [0.5, 0.6) is 0 Å². The Morgan fingerprint density at radius 1 is 1.12 bits per heavy atom. The first-order chi connectivity index (χ1) is 19.0. The SMILES string of the molecule is COC(=O)NC1CCN(C(=O)c2cc(N[C@@H]3CCN(C(=O)O)C3C(C)(C)C)nc(-c3cnn4ccsc34)n2)CC1. The van der Waals surface area contributed by atoms with Gasteiger partial charge in [0.05, 0.1) is 31.0 Å². The maximum Gasteiger partial charge on any atom is 0.407 e. The fourth-order valence-electron chi connectivity index (χ4n) is 5.67. The molecule has 0 spiro atoms. The van der Waals surface area contributed by atoms with E-state index in [4.69, 9.17) is 4.98 Å². The maximum absolute atomic E-state index is 13.7. The minimum atomic E-state index is -0.950. The Morgan fingerprint density at radius 3 is 2.55 bits per heavy atom. The molecule has 13 nitrogen and oxygen atoms in total. The monoisotopic (exact) mass is 570 g/mol. The van der Waals surface area contributed by atoms with Gasteiger partial charge in [-0.05, 0) is 24.7 Å². The molecule has 40 heavy (non-hydrogen) atoms. The molecule has 0 aromatic carbocycles. The molecule has 2 aliphatic rings. The van der Waals surface area contributed by atoms with Crippen LogP contribution in [0.2, 0.25) is 0 Å². The minimum Gasteiger partial charge on any atom is -0.465 e. The van der Waals surface area contributed by atoms with Crippen molar-refractivity contribution in [2.75, 3.05) is 32.1 Å². The molecular formula is C26H34N8O5S. The Kier molecular flexibility index (Phi) is 7.53. The number of alkyl carbamates (subject to hydrolysis) is 1. The van der Waals surface area contributed by atoms with Gasteiger partial charge >= 0.3 is 12.2 Å². The third-order valence-electron chi connectivity index (χ3n) is 7.47. The Labute approximate surface area is 235 Å². The van der Waals surface area contributed by atoms with Gasteiger partial charge in [-0.25, -0.2) is 24.1 Å². The van der Waals surface area contributed by atoms with E-state index < -0.39 is 12.2 Å². The van der Waals surface area contributed by atoms with Crippen molar-refractivity contribution in [3.63, 3.8) is 0 Å². The number of hydrogen-bond acceptors (Lipinski definition) is 9. The van der Waals surface area contributed by atoms with Crippen molar-refractivity contribution in [3.05, 3.63) is 29.5 Å². The molecule has 2 atom stereocenters. The Morgan fingerprint density at radius 2 is 1.88 bits per heavy atom. The zero-order valence-corrected chi connectivity index (χ0v) is 23.8. The van der Waals surface area contributed by atoms with Gasteiger partial charge in [0.15, 0.2) is 5.82 Å². The van der Waals surface area contributed by atoms with Crippen LogP contribution in [0.3, 0.4) is 0 Å². The number of methoxy groups -OCH3 is 1. The molecule has 0 bridgehead atoms. The fourth-order valence-corrected chi connectivity index (χ4v) is 6.46. The quantitative estimate of drug-likeness (QED) is 0.419. The second-order valence-electron chi connectivity index (χ2n) is 11.2. The number of carboxylic acid groups (broad SMARTS) is 1. The van der Waals surface area contributed by atoms with E-state index >= 15 is 0 Å². The first-order valence-electron chi connectivity index (χ1n) is 13.3. The molecule has 0 saturated carbocycles. The zero-order chi connectivity index (χ0) is 28.6. The van der Waals surface area contributed by atoms with E-state index in [0.29, 0.717) is 56.1 Å². The summed E-state index contributed by atoms with van der Waals surface area (Å²) in [5.74, 6) is 0.593. The number of anilines is 1. The van der Waals surface area contributed by atoms with E-state index in [-0.39, 0.29) is 35.1 Å². The summed E-state index contributed by atoms with van der Waals surface area (Å²) in [5.41, 5.74) is 0.627. The lowest BCUT2D eigenvalue weighted by atomic mass is 9.82. The predicted molar refractivity (Wildman–Crippen MR) is 149 cm³/mol. The molecule has 5 heterocycles. The number of rotatable bonds is 5. The minimum absolute atomic E-state index is 0.0666. The summed E-state index contributed by atoms with van der Waals surface area (Å²) in [6.45, 7) is 7.39. The van der Waals surface area contributed by atoms with Gasteiger partial charge in [-0.15, -0.1) is 11.3 Å². The van der Waals surface area contributed by atoms with Gasteiger partial charge in [0, 0.05) is 43.3 Å². The molecule has 0 aliphatic carbocycles. The van der Waals surface area contributed by atoms with Gasteiger partial charge in [0.25, 0.3) is 5.91 Å². The summed E-state index contributed by atoms with van der Waals surface area (Å²) < 4.78 is 6.43. The Hall–Kier alpha value is -3.94. The topological polar surface area (TPSA) is 154 Å². The molecule has 1 unspecified atom stereocenters. The van der Waals surface area contributed by atoms with Crippen LogP contribution in [0.4, 0.5) is 15.4 Å². The molecule has 3 amide bonds. The lowest BCUT2D eigenvalue weighted by Gasteiger charge is -2.37. The highest BCUT2D eigenvalue weighted by Crippen LogP contribution is 2.35. The van der Waals surface area contributed by atoms with E-state index in [0.717, 1.165) is 4.83 Å². The van der Waals surface area contributed by atoms with E-state index in [1.54, 1.807) is 21.7 Å². The van der Waals surface area contributed by atoms with Gasteiger partial charge < -0.3 is 30.3 Å². The molecule has 2 saturated heterocycles. The molecule has 5 rings (SSSR count). The number of ether oxygens (including phenoxy) is 1. The van der Waals surface area contributed by atoms with Crippen molar-refractivity contribution in [1.82, 2.24) is 34.7 Å². The van der Waals surface area contributed by atoms with Crippen molar-refractivity contribution < 1.29 is 24.2 Å². The van der Waals surface area contributed by atoms with Crippen LogP contribution in [0, 0.1) is 5.41 Å². The normalized spacial score (nSPS) is 20.1. The van der Waals surface area contributed by atoms with Gasteiger partial charge in [-0.3, -0.25) is 4.79 Å². The average molecular weight is 571 g/mol. The number of carbonyl (C=O) groups is 3. The molecular weight excluding hydrogens is 536 g/mol. The first-order valence-corrected chi connectivity index (χ1v) is 14.1. The number of carbonyl (C=O) groups excluding carboxylic acids is 2. The second kappa shape index (κ2) is 10.9. The highest BCUT2D eigenvalue weighted by Gasteiger charge is 2.44. The van der Waals surface area contributed by atoms with Crippen LogP contribution in [-0.4, -0.2) is 97.5 Å². The summed E-state index contributed by atoms with van der Waals surface area (Å²) in [4.78, 5) is 50.7. The van der Waals surface area contributed by atoms with Crippen LogP contribution in [-0.2, 0) is 4.74 Å². The number of piperidine rings is 1. The summed E-state index contributed by atoms with van der Waals surface area (Å²) in [6, 6.07) is 1.09. The number of nitrogens with one attached hydrogen (secondary N) is 2. The summed E-state index contributed by atoms with van der Waals surface area (Å²) in [7, 11) is 1.32. The fraction of sp³-hybridized carbons (Fsp3) is 0.538. The summed E-state index contributed by atoms with van der Waals surface area (Å²) >= 11 is 1.50. The van der Waals surface area contributed by atoms with Crippen molar-refractivity contribution >= 4 is 40.1 Å². The number of thiazole rings is 1. The molecule has 214 valence electrons. The van der Waals surface area contributed by atoms with Gasteiger partial charge in [-0.1, -0.05) is 20.8 Å². The summed E-state index contributed by atoms with van der Waals surface area (Å²) in [6.07, 6.45) is 3.91. The van der Waals surface area contributed by atoms with E-state index in [9.17, 15) is 19.5 Å². The van der Waals surface area contributed by atoms with Crippen LogP contribution in [0.15, 0.2) is 23.8 Å². The van der Waals surface area contributed by atoms with Crippen LogP contribution >= 0.6 is 11.3 Å². The van der Waals surface area contributed by atoms with Gasteiger partial charge in [0.1, 0.15) is 16.3 Å². The van der Waals surface area contributed by atoms with Crippen molar-refractivity contribution in [2.24, 2.45) is 5.41 Å². The standard InChI is InChI=1S/C26H34N8O5S/c1-26(2,3)20-17(7-10-33(20)25(37)38)29-19-13-18(22(35)32-8-5-15(6-9-32)28-24(36)39-4)30-21(31-19)16-14-27-34-11-12-40-23(16)34/h11-15,17,20H,5-10H2,1-4H3,(H,28,36)(H,37,38)(H,29,30,31)/t17-,20?/m1/s1. The largest absolute Gasteiger partial charge is 0.465 e. The molecule has 2 fully saturated rings. The third-order valence-corrected chi connectivity index (χ3v) is 8.36. The third kappa shape index (κ3) is 5.53. The van der Waals surface area contributed by atoms with Crippen molar-refractivity contribution in [2.45, 2.75) is 58.2 Å². The van der Waals surface area contributed by atoms with Crippen LogP contribution < -0.4 is 10.6 Å².